The third kappa shape index (κ3) is 4.91. The third-order valence-corrected chi connectivity index (χ3v) is 2.65. The van der Waals surface area contributed by atoms with Gasteiger partial charge in [-0.1, -0.05) is 18.2 Å². The molecular weight excluding hydrogens is 282 g/mol. The second kappa shape index (κ2) is 6.30. The predicted octanol–water partition coefficient (Wildman–Crippen LogP) is 2.14. The lowest BCUT2D eigenvalue weighted by Crippen LogP contribution is -2.32. The minimum absolute atomic E-state index is 0.214. The van der Waals surface area contributed by atoms with Crippen LogP contribution in [-0.2, 0) is 6.54 Å². The maximum atomic E-state index is 9.34. The van der Waals surface area contributed by atoms with E-state index in [1.165, 1.54) is 0 Å². The molecule has 0 saturated heterocycles. The van der Waals surface area contributed by atoms with Gasteiger partial charge >= 0.3 is 0 Å². The summed E-state index contributed by atoms with van der Waals surface area (Å²) < 4.78 is 0.652. The molecule has 0 aliphatic carbocycles. The van der Waals surface area contributed by atoms with Gasteiger partial charge in [0.1, 0.15) is 5.75 Å². The molecular formula is C12H16BrN3O. The second-order valence-electron chi connectivity index (χ2n) is 3.80. The molecule has 0 aliphatic heterocycles. The number of rotatable bonds is 4. The topological polar surface area (TPSA) is 70.6 Å². The van der Waals surface area contributed by atoms with E-state index >= 15 is 0 Å². The van der Waals surface area contributed by atoms with Crippen molar-refractivity contribution < 1.29 is 5.11 Å². The molecule has 4 nitrogen and oxygen atoms in total. The van der Waals surface area contributed by atoms with Crippen LogP contribution in [0.4, 0.5) is 0 Å². The van der Waals surface area contributed by atoms with E-state index in [4.69, 9.17) is 5.73 Å². The minimum Gasteiger partial charge on any atom is -0.507 e. The van der Waals surface area contributed by atoms with E-state index in [0.717, 1.165) is 11.1 Å². The zero-order valence-corrected chi connectivity index (χ0v) is 11.3. The Balaban J connectivity index is 2.56. The Kier molecular flexibility index (Phi) is 5.03. The average molecular weight is 298 g/mol. The molecule has 0 aliphatic rings. The van der Waals surface area contributed by atoms with E-state index in [-0.39, 0.29) is 5.75 Å². The smallest absolute Gasteiger partial charge is 0.189 e. The molecule has 17 heavy (non-hydrogen) atoms. The first-order valence-electron chi connectivity index (χ1n) is 5.14. The number of aromatic hydroxyl groups is 1. The van der Waals surface area contributed by atoms with Gasteiger partial charge in [0.05, 0.1) is 11.0 Å². The fourth-order valence-corrected chi connectivity index (χ4v) is 1.55. The summed E-state index contributed by atoms with van der Waals surface area (Å²) in [4.78, 5) is 4.18. The predicted molar refractivity (Wildman–Crippen MR) is 73.9 cm³/mol. The van der Waals surface area contributed by atoms with Crippen LogP contribution in [0.2, 0.25) is 0 Å². The molecule has 4 N–H and O–H groups in total. The van der Waals surface area contributed by atoms with Gasteiger partial charge in [-0.2, -0.15) is 0 Å². The Bertz CT molecular complexity index is 443. The van der Waals surface area contributed by atoms with Gasteiger partial charge < -0.3 is 16.2 Å². The molecule has 5 heteroatoms. The largest absolute Gasteiger partial charge is 0.507 e. The molecule has 0 heterocycles. The van der Waals surface area contributed by atoms with Crippen molar-refractivity contribution in [3.8, 4) is 5.75 Å². The van der Waals surface area contributed by atoms with Crippen LogP contribution in [0.1, 0.15) is 12.5 Å². The van der Waals surface area contributed by atoms with E-state index < -0.39 is 0 Å². The molecule has 92 valence electrons. The molecule has 1 rings (SSSR count). The van der Waals surface area contributed by atoms with Crippen LogP contribution in [-0.4, -0.2) is 17.6 Å². The maximum Gasteiger partial charge on any atom is 0.189 e. The Morgan fingerprint density at radius 3 is 2.88 bits per heavy atom. The first-order chi connectivity index (χ1) is 7.99. The van der Waals surface area contributed by atoms with Crippen molar-refractivity contribution in [1.29, 1.82) is 0 Å². The highest BCUT2D eigenvalue weighted by atomic mass is 79.9. The van der Waals surface area contributed by atoms with E-state index in [1.54, 1.807) is 12.1 Å². The Labute approximate surface area is 109 Å². The summed E-state index contributed by atoms with van der Waals surface area (Å²) in [6.45, 7) is 6.76. The lowest BCUT2D eigenvalue weighted by Gasteiger charge is -2.05. The van der Waals surface area contributed by atoms with Crippen LogP contribution in [0.15, 0.2) is 39.8 Å². The van der Waals surface area contributed by atoms with Crippen molar-refractivity contribution in [1.82, 2.24) is 5.32 Å². The highest BCUT2D eigenvalue weighted by Crippen LogP contribution is 2.24. The summed E-state index contributed by atoms with van der Waals surface area (Å²) in [5.41, 5.74) is 7.64. The van der Waals surface area contributed by atoms with E-state index in [9.17, 15) is 5.11 Å². The van der Waals surface area contributed by atoms with E-state index in [0.29, 0.717) is 23.5 Å². The zero-order valence-electron chi connectivity index (χ0n) is 9.70. The fourth-order valence-electron chi connectivity index (χ4n) is 1.12. The van der Waals surface area contributed by atoms with Gasteiger partial charge in [-0.3, -0.25) is 0 Å². The molecule has 0 atom stereocenters. The molecule has 0 fully saturated rings. The van der Waals surface area contributed by atoms with Crippen molar-refractivity contribution >= 4 is 21.9 Å². The number of nitrogens with one attached hydrogen (secondary N) is 1. The number of phenolic OH excluding ortho intramolecular Hbond substituents is 1. The summed E-state index contributed by atoms with van der Waals surface area (Å²) in [7, 11) is 0. The molecule has 0 radical (unpaired) electrons. The standard InChI is InChI=1S/C12H16BrN3O/c1-8(2)6-15-12(14)16-7-9-3-4-11(17)10(13)5-9/h3-5,17H,1,6-7H2,2H3,(H3,14,15,16). The maximum absolute atomic E-state index is 9.34. The summed E-state index contributed by atoms with van der Waals surface area (Å²) in [6, 6.07) is 5.23. The summed E-state index contributed by atoms with van der Waals surface area (Å²) in [5.74, 6) is 0.600. The van der Waals surface area contributed by atoms with E-state index in [2.05, 4.69) is 32.8 Å². The monoisotopic (exact) mass is 297 g/mol. The molecule has 0 amide bonds. The van der Waals surface area contributed by atoms with Crippen LogP contribution in [0.5, 0.6) is 5.75 Å². The lowest BCUT2D eigenvalue weighted by molar-refractivity contribution is 0.471. The van der Waals surface area contributed by atoms with Gasteiger partial charge in [-0.25, -0.2) is 4.99 Å². The number of aliphatic imine (C=N–C) groups is 1. The van der Waals surface area contributed by atoms with Crippen LogP contribution in [0.3, 0.4) is 0 Å². The summed E-state index contributed by atoms with van der Waals surface area (Å²) >= 11 is 3.25. The van der Waals surface area contributed by atoms with Crippen LogP contribution >= 0.6 is 15.9 Å². The number of guanidine groups is 1. The van der Waals surface area contributed by atoms with Gasteiger partial charge in [0.2, 0.25) is 0 Å². The van der Waals surface area contributed by atoms with Crippen molar-refractivity contribution in [2.45, 2.75) is 13.5 Å². The number of hydrogen-bond donors (Lipinski definition) is 3. The molecule has 0 unspecified atom stereocenters. The van der Waals surface area contributed by atoms with Crippen molar-refractivity contribution in [3.63, 3.8) is 0 Å². The Morgan fingerprint density at radius 1 is 1.59 bits per heavy atom. The number of benzene rings is 1. The van der Waals surface area contributed by atoms with Crippen LogP contribution in [0.25, 0.3) is 0 Å². The van der Waals surface area contributed by atoms with Crippen LogP contribution < -0.4 is 11.1 Å². The zero-order chi connectivity index (χ0) is 12.8. The van der Waals surface area contributed by atoms with E-state index in [1.807, 2.05) is 13.0 Å². The lowest BCUT2D eigenvalue weighted by atomic mass is 10.2. The fraction of sp³-hybridized carbons (Fsp3) is 0.250. The normalized spacial score (nSPS) is 11.3. The highest BCUT2D eigenvalue weighted by molar-refractivity contribution is 9.10. The van der Waals surface area contributed by atoms with Gasteiger partial charge in [0.15, 0.2) is 5.96 Å². The number of phenols is 1. The van der Waals surface area contributed by atoms with Gasteiger partial charge in [0.25, 0.3) is 0 Å². The number of halogens is 1. The molecule has 0 bridgehead atoms. The van der Waals surface area contributed by atoms with Crippen molar-refractivity contribution in [3.05, 3.63) is 40.4 Å². The number of nitrogens with two attached hydrogens (primary N) is 1. The molecule has 1 aromatic carbocycles. The first kappa shape index (κ1) is 13.6. The molecule has 0 aromatic heterocycles. The second-order valence-corrected chi connectivity index (χ2v) is 4.65. The number of hydrogen-bond acceptors (Lipinski definition) is 2. The summed E-state index contributed by atoms with van der Waals surface area (Å²) in [5, 5.41) is 12.3. The summed E-state index contributed by atoms with van der Waals surface area (Å²) in [6.07, 6.45) is 0. The SMILES string of the molecule is C=C(C)CNC(N)=NCc1ccc(O)c(Br)c1. The Hall–Kier alpha value is -1.49. The highest BCUT2D eigenvalue weighted by Gasteiger charge is 1.99. The minimum atomic E-state index is 0.214. The molecule has 0 spiro atoms. The number of nitrogens with zero attached hydrogens (tertiary/aromatic N) is 1. The Morgan fingerprint density at radius 2 is 2.29 bits per heavy atom. The van der Waals surface area contributed by atoms with Crippen molar-refractivity contribution in [2.24, 2.45) is 10.7 Å². The van der Waals surface area contributed by atoms with Crippen molar-refractivity contribution in [2.75, 3.05) is 6.54 Å². The third-order valence-electron chi connectivity index (χ3n) is 2.02. The molecule has 1 aromatic rings. The van der Waals surface area contributed by atoms with Gasteiger partial charge in [-0.05, 0) is 40.5 Å². The quantitative estimate of drug-likeness (QED) is 0.453. The first-order valence-corrected chi connectivity index (χ1v) is 5.94. The van der Waals surface area contributed by atoms with Crippen LogP contribution in [0, 0.1) is 0 Å². The van der Waals surface area contributed by atoms with Gasteiger partial charge in [0, 0.05) is 6.54 Å². The average Bonchev–Trinajstić information content (AvgIpc) is 2.28. The molecule has 0 saturated carbocycles. The van der Waals surface area contributed by atoms with Gasteiger partial charge in [-0.15, -0.1) is 0 Å².